The summed E-state index contributed by atoms with van der Waals surface area (Å²) >= 11 is 0. The number of ether oxygens (including phenoxy) is 2. The van der Waals surface area contributed by atoms with Gasteiger partial charge in [-0.15, -0.1) is 0 Å². The Balaban J connectivity index is 2.17. The number of likely N-dealkylation sites (N-methyl/N-ethyl adjacent to an activating group) is 1. The van der Waals surface area contributed by atoms with E-state index < -0.39 is 12.0 Å². The molecule has 1 unspecified atom stereocenters. The molecule has 1 fully saturated rings. The van der Waals surface area contributed by atoms with Gasteiger partial charge in [0.25, 0.3) is 11.8 Å². The molecule has 1 aliphatic rings. The van der Waals surface area contributed by atoms with Crippen LogP contribution in [0.3, 0.4) is 0 Å². The van der Waals surface area contributed by atoms with Crippen molar-refractivity contribution in [1.29, 1.82) is 0 Å². The number of aliphatic carboxylic acids is 1. The van der Waals surface area contributed by atoms with Crippen LogP contribution < -0.4 is 14.8 Å². The minimum absolute atomic E-state index is 0.173. The number of carboxylic acid groups (broad SMARTS) is 1. The molecule has 8 nitrogen and oxygen atoms in total. The maximum Gasteiger partial charge on any atom is 0.326 e. The van der Waals surface area contributed by atoms with Crippen LogP contribution in [0.15, 0.2) is 18.2 Å². The number of carbonyl (C=O) groups is 3. The lowest BCUT2D eigenvalue weighted by Gasteiger charge is -2.22. The number of methoxy groups -OCH3 is 1. The highest BCUT2D eigenvalue weighted by molar-refractivity contribution is 5.97. The van der Waals surface area contributed by atoms with Crippen LogP contribution in [0.5, 0.6) is 11.5 Å². The van der Waals surface area contributed by atoms with E-state index in [4.69, 9.17) is 9.47 Å². The van der Waals surface area contributed by atoms with Crippen LogP contribution in [0.2, 0.25) is 0 Å². The number of likely N-dealkylation sites (tertiary alicyclic amines) is 1. The molecule has 0 radical (unpaired) electrons. The first-order chi connectivity index (χ1) is 11.5. The van der Waals surface area contributed by atoms with E-state index in [2.05, 4.69) is 5.32 Å². The first kappa shape index (κ1) is 17.6. The molecule has 2 rings (SSSR count). The normalized spacial score (nSPS) is 16.6. The Morgan fingerprint density at radius 1 is 1.33 bits per heavy atom. The predicted octanol–water partition coefficient (Wildman–Crippen LogP) is 0.509. The Labute approximate surface area is 139 Å². The van der Waals surface area contributed by atoms with Gasteiger partial charge in [0, 0.05) is 19.2 Å². The fraction of sp³-hybridized carbons (Fsp3) is 0.438. The van der Waals surface area contributed by atoms with Gasteiger partial charge in [-0.05, 0) is 31.0 Å². The molecule has 1 aromatic carbocycles. The van der Waals surface area contributed by atoms with Crippen LogP contribution in [0.1, 0.15) is 23.2 Å². The average Bonchev–Trinajstić information content (AvgIpc) is 3.08. The molecule has 1 saturated heterocycles. The second-order valence-corrected chi connectivity index (χ2v) is 5.32. The number of amides is 2. The van der Waals surface area contributed by atoms with Gasteiger partial charge in [-0.2, -0.15) is 0 Å². The maximum absolute atomic E-state index is 12.6. The summed E-state index contributed by atoms with van der Waals surface area (Å²) in [6.07, 6.45) is 1.11. The quantitative estimate of drug-likeness (QED) is 0.784. The molecule has 8 heteroatoms. The van der Waals surface area contributed by atoms with Crippen LogP contribution in [0.25, 0.3) is 0 Å². The second-order valence-electron chi connectivity index (χ2n) is 5.32. The number of rotatable bonds is 6. The van der Waals surface area contributed by atoms with Crippen molar-refractivity contribution in [3.8, 4) is 11.5 Å². The molecule has 2 N–H and O–H groups in total. The van der Waals surface area contributed by atoms with Crippen molar-refractivity contribution < 1.29 is 29.0 Å². The van der Waals surface area contributed by atoms with Gasteiger partial charge >= 0.3 is 5.97 Å². The fourth-order valence-corrected chi connectivity index (χ4v) is 2.57. The summed E-state index contributed by atoms with van der Waals surface area (Å²) in [6.45, 7) is 0.237. The molecule has 130 valence electrons. The minimum atomic E-state index is -1.00. The largest absolute Gasteiger partial charge is 0.493 e. The minimum Gasteiger partial charge on any atom is -0.493 e. The third-order valence-corrected chi connectivity index (χ3v) is 3.85. The molecule has 1 heterocycles. The molecule has 24 heavy (non-hydrogen) atoms. The van der Waals surface area contributed by atoms with Crippen LogP contribution in [-0.2, 0) is 9.59 Å². The van der Waals surface area contributed by atoms with Gasteiger partial charge < -0.3 is 24.8 Å². The number of carboxylic acids is 1. The summed E-state index contributed by atoms with van der Waals surface area (Å²) in [5.41, 5.74) is 0.312. The molecule has 0 aliphatic carbocycles. The highest BCUT2D eigenvalue weighted by Gasteiger charge is 2.34. The van der Waals surface area contributed by atoms with Gasteiger partial charge in [-0.1, -0.05) is 0 Å². The van der Waals surface area contributed by atoms with E-state index in [0.29, 0.717) is 36.4 Å². The Morgan fingerprint density at radius 2 is 2.08 bits per heavy atom. The highest BCUT2D eigenvalue weighted by Crippen LogP contribution is 2.29. The molecule has 1 aromatic rings. The van der Waals surface area contributed by atoms with Gasteiger partial charge in [0.15, 0.2) is 18.1 Å². The van der Waals surface area contributed by atoms with Crippen molar-refractivity contribution in [1.82, 2.24) is 10.2 Å². The zero-order valence-electron chi connectivity index (χ0n) is 13.6. The van der Waals surface area contributed by atoms with E-state index in [1.165, 1.54) is 37.3 Å². The Bertz CT molecular complexity index is 645. The van der Waals surface area contributed by atoms with E-state index in [-0.39, 0.29) is 18.4 Å². The smallest absolute Gasteiger partial charge is 0.326 e. The standard InChI is InChI=1S/C16H20N2O6/c1-17-14(19)9-24-12-6-5-10(8-13(12)23-2)15(20)18-7-3-4-11(18)16(21)22/h5-6,8,11H,3-4,7,9H2,1-2H3,(H,17,19)(H,21,22). The number of carbonyl (C=O) groups excluding carboxylic acids is 2. The fourth-order valence-electron chi connectivity index (χ4n) is 2.57. The van der Waals surface area contributed by atoms with Crippen molar-refractivity contribution in [2.45, 2.75) is 18.9 Å². The molecule has 1 atom stereocenters. The Kier molecular flexibility index (Phi) is 5.62. The third-order valence-electron chi connectivity index (χ3n) is 3.85. The Morgan fingerprint density at radius 3 is 2.71 bits per heavy atom. The number of benzene rings is 1. The van der Waals surface area contributed by atoms with Crippen molar-refractivity contribution in [2.24, 2.45) is 0 Å². The highest BCUT2D eigenvalue weighted by atomic mass is 16.5. The average molecular weight is 336 g/mol. The lowest BCUT2D eigenvalue weighted by atomic mass is 10.1. The molecule has 0 saturated carbocycles. The number of hydrogen-bond acceptors (Lipinski definition) is 5. The molecular weight excluding hydrogens is 316 g/mol. The summed E-state index contributed by atoms with van der Waals surface area (Å²) in [6, 6.07) is 3.74. The van der Waals surface area contributed by atoms with Crippen molar-refractivity contribution in [3.05, 3.63) is 23.8 Å². The SMILES string of the molecule is CNC(=O)COc1ccc(C(=O)N2CCCC2C(=O)O)cc1OC. The van der Waals surface area contributed by atoms with Gasteiger partial charge in [0.2, 0.25) is 0 Å². The van der Waals surface area contributed by atoms with Crippen molar-refractivity contribution in [2.75, 3.05) is 27.3 Å². The summed E-state index contributed by atoms with van der Waals surface area (Å²) in [7, 11) is 2.92. The lowest BCUT2D eigenvalue weighted by Crippen LogP contribution is -2.40. The number of nitrogens with one attached hydrogen (secondary N) is 1. The van der Waals surface area contributed by atoms with Crippen molar-refractivity contribution >= 4 is 17.8 Å². The van der Waals surface area contributed by atoms with E-state index >= 15 is 0 Å². The molecule has 2 amide bonds. The number of hydrogen-bond donors (Lipinski definition) is 2. The summed E-state index contributed by atoms with van der Waals surface area (Å²) in [4.78, 5) is 36.4. The van der Waals surface area contributed by atoms with Crippen LogP contribution >= 0.6 is 0 Å². The lowest BCUT2D eigenvalue weighted by molar-refractivity contribution is -0.141. The molecule has 0 bridgehead atoms. The van der Waals surface area contributed by atoms with Crippen LogP contribution in [-0.4, -0.2) is 61.1 Å². The summed E-state index contributed by atoms with van der Waals surface area (Å²) in [5, 5.41) is 11.6. The monoisotopic (exact) mass is 336 g/mol. The van der Waals surface area contributed by atoms with Gasteiger partial charge in [-0.25, -0.2) is 4.79 Å². The maximum atomic E-state index is 12.6. The molecule has 0 aromatic heterocycles. The number of nitrogens with zero attached hydrogens (tertiary/aromatic N) is 1. The first-order valence-corrected chi connectivity index (χ1v) is 7.53. The van der Waals surface area contributed by atoms with E-state index in [1.807, 2.05) is 0 Å². The Hall–Kier alpha value is -2.77. The van der Waals surface area contributed by atoms with Crippen LogP contribution in [0, 0.1) is 0 Å². The van der Waals surface area contributed by atoms with E-state index in [0.717, 1.165) is 0 Å². The third kappa shape index (κ3) is 3.76. The van der Waals surface area contributed by atoms with E-state index in [1.54, 1.807) is 0 Å². The van der Waals surface area contributed by atoms with Gasteiger partial charge in [-0.3, -0.25) is 9.59 Å². The predicted molar refractivity (Wildman–Crippen MR) is 84.3 cm³/mol. The van der Waals surface area contributed by atoms with Crippen molar-refractivity contribution in [3.63, 3.8) is 0 Å². The zero-order valence-corrected chi connectivity index (χ0v) is 13.6. The van der Waals surface area contributed by atoms with E-state index in [9.17, 15) is 19.5 Å². The van der Waals surface area contributed by atoms with Gasteiger partial charge in [0.1, 0.15) is 6.04 Å². The zero-order chi connectivity index (χ0) is 17.7. The second kappa shape index (κ2) is 7.67. The summed E-state index contributed by atoms with van der Waals surface area (Å²) in [5.74, 6) is -1.03. The topological polar surface area (TPSA) is 105 Å². The van der Waals surface area contributed by atoms with Crippen LogP contribution in [0.4, 0.5) is 0 Å². The molecule has 0 spiro atoms. The molecular formula is C16H20N2O6. The first-order valence-electron chi connectivity index (χ1n) is 7.53. The molecule has 1 aliphatic heterocycles. The summed E-state index contributed by atoms with van der Waals surface area (Å²) < 4.78 is 10.5. The van der Waals surface area contributed by atoms with Gasteiger partial charge in [0.05, 0.1) is 7.11 Å².